The van der Waals surface area contributed by atoms with Crippen LogP contribution in [0.4, 0.5) is 15.8 Å². The molecule has 0 saturated carbocycles. The van der Waals surface area contributed by atoms with Crippen molar-refractivity contribution in [2.75, 3.05) is 9.44 Å². The second-order valence-corrected chi connectivity index (χ2v) is 10.1. The second-order valence-electron chi connectivity index (χ2n) is 5.82. The smallest absolute Gasteiger partial charge is 0.261 e. The quantitative estimate of drug-likeness (QED) is 0.539. The lowest BCUT2D eigenvalue weighted by atomic mass is 10.3. The van der Waals surface area contributed by atoms with E-state index in [1.807, 2.05) is 0 Å². The Balaban J connectivity index is 1.82. The summed E-state index contributed by atoms with van der Waals surface area (Å²) in [7, 11) is -8.06. The van der Waals surface area contributed by atoms with E-state index in [9.17, 15) is 21.2 Å². The van der Waals surface area contributed by atoms with Gasteiger partial charge >= 0.3 is 0 Å². The minimum atomic E-state index is -4.06. The molecule has 11 heteroatoms. The first-order valence-electron chi connectivity index (χ1n) is 7.93. The Morgan fingerprint density at radius 1 is 0.690 bits per heavy atom. The van der Waals surface area contributed by atoms with Gasteiger partial charge in [0.15, 0.2) is 0 Å². The summed E-state index contributed by atoms with van der Waals surface area (Å²) in [4.78, 5) is -0.317. The van der Waals surface area contributed by atoms with Crippen LogP contribution in [0.25, 0.3) is 0 Å². The Bertz CT molecular complexity index is 1250. The predicted molar refractivity (Wildman–Crippen MR) is 111 cm³/mol. The molecule has 0 saturated heterocycles. The fourth-order valence-electron chi connectivity index (χ4n) is 2.35. The van der Waals surface area contributed by atoms with Gasteiger partial charge in [0.2, 0.25) is 0 Å². The molecule has 0 fully saturated rings. The van der Waals surface area contributed by atoms with E-state index in [1.165, 1.54) is 60.7 Å². The van der Waals surface area contributed by atoms with Gasteiger partial charge in [-0.1, -0.05) is 35.3 Å². The minimum Gasteiger partial charge on any atom is -0.280 e. The molecule has 3 rings (SSSR count). The van der Waals surface area contributed by atoms with Gasteiger partial charge in [0, 0.05) is 15.7 Å². The maximum absolute atomic E-state index is 13.7. The largest absolute Gasteiger partial charge is 0.280 e. The van der Waals surface area contributed by atoms with Crippen molar-refractivity contribution in [1.29, 1.82) is 0 Å². The topological polar surface area (TPSA) is 92.3 Å². The third-order valence-corrected chi connectivity index (χ3v) is 6.86. The molecule has 2 N–H and O–H groups in total. The van der Waals surface area contributed by atoms with Gasteiger partial charge in [-0.3, -0.25) is 9.44 Å². The Labute approximate surface area is 177 Å². The highest BCUT2D eigenvalue weighted by molar-refractivity contribution is 7.93. The first kappa shape index (κ1) is 21.4. The van der Waals surface area contributed by atoms with Crippen LogP contribution in [0, 0.1) is 5.82 Å². The Morgan fingerprint density at radius 2 is 1.24 bits per heavy atom. The van der Waals surface area contributed by atoms with Gasteiger partial charge in [0.1, 0.15) is 5.82 Å². The van der Waals surface area contributed by atoms with Gasteiger partial charge in [0.25, 0.3) is 20.0 Å². The van der Waals surface area contributed by atoms with Crippen molar-refractivity contribution in [3.05, 3.63) is 82.6 Å². The zero-order valence-electron chi connectivity index (χ0n) is 14.4. The van der Waals surface area contributed by atoms with Gasteiger partial charge in [-0.15, -0.1) is 0 Å². The van der Waals surface area contributed by atoms with Crippen LogP contribution in [-0.2, 0) is 20.0 Å². The molecular formula is C18H13Cl2FN2O4S2. The maximum atomic E-state index is 13.7. The highest BCUT2D eigenvalue weighted by Crippen LogP contribution is 2.25. The van der Waals surface area contributed by atoms with E-state index in [0.29, 0.717) is 0 Å². The number of para-hydroxylation sites is 1. The molecule has 0 radical (unpaired) electrons. The second kappa shape index (κ2) is 8.19. The van der Waals surface area contributed by atoms with Crippen LogP contribution < -0.4 is 9.44 Å². The molecule has 0 unspecified atom stereocenters. The number of sulfonamides is 2. The molecule has 3 aromatic carbocycles. The normalized spacial score (nSPS) is 11.8. The molecule has 0 atom stereocenters. The molecular weight excluding hydrogens is 462 g/mol. The van der Waals surface area contributed by atoms with Crippen LogP contribution in [0.1, 0.15) is 0 Å². The summed E-state index contributed by atoms with van der Waals surface area (Å²) in [6, 6.07) is 14.1. The van der Waals surface area contributed by atoms with E-state index in [2.05, 4.69) is 9.44 Å². The van der Waals surface area contributed by atoms with Crippen molar-refractivity contribution in [1.82, 2.24) is 0 Å². The van der Waals surface area contributed by atoms with E-state index in [1.54, 1.807) is 0 Å². The monoisotopic (exact) mass is 474 g/mol. The molecule has 0 aliphatic carbocycles. The van der Waals surface area contributed by atoms with E-state index in [0.717, 1.165) is 6.07 Å². The van der Waals surface area contributed by atoms with Crippen molar-refractivity contribution >= 4 is 54.6 Å². The third-order valence-electron chi connectivity index (χ3n) is 3.68. The zero-order valence-corrected chi connectivity index (χ0v) is 17.6. The molecule has 29 heavy (non-hydrogen) atoms. The zero-order chi connectivity index (χ0) is 21.2. The van der Waals surface area contributed by atoms with Crippen LogP contribution in [0.2, 0.25) is 10.0 Å². The number of anilines is 2. The van der Waals surface area contributed by atoms with Crippen LogP contribution >= 0.6 is 23.2 Å². The van der Waals surface area contributed by atoms with Crippen molar-refractivity contribution in [2.24, 2.45) is 0 Å². The van der Waals surface area contributed by atoms with Gasteiger partial charge < -0.3 is 0 Å². The molecule has 152 valence electrons. The predicted octanol–water partition coefficient (Wildman–Crippen LogP) is 4.73. The van der Waals surface area contributed by atoms with Crippen LogP contribution in [-0.4, -0.2) is 16.8 Å². The minimum absolute atomic E-state index is 0.117. The molecule has 0 heterocycles. The summed E-state index contributed by atoms with van der Waals surface area (Å²) in [6.07, 6.45) is 0. The van der Waals surface area contributed by atoms with Crippen molar-refractivity contribution in [3.8, 4) is 0 Å². The summed E-state index contributed by atoms with van der Waals surface area (Å²) >= 11 is 11.7. The van der Waals surface area contributed by atoms with Crippen LogP contribution in [0.3, 0.4) is 0 Å². The molecule has 0 spiro atoms. The van der Waals surface area contributed by atoms with Gasteiger partial charge in [-0.05, 0) is 54.6 Å². The Hall–Kier alpha value is -2.33. The third kappa shape index (κ3) is 5.18. The van der Waals surface area contributed by atoms with E-state index in [4.69, 9.17) is 23.2 Å². The number of hydrogen-bond acceptors (Lipinski definition) is 4. The molecule has 6 nitrogen and oxygen atoms in total. The Kier molecular flexibility index (Phi) is 6.04. The van der Waals surface area contributed by atoms with Gasteiger partial charge in [-0.25, -0.2) is 21.2 Å². The van der Waals surface area contributed by atoms with Crippen molar-refractivity contribution in [2.45, 2.75) is 9.79 Å². The standard InChI is InChI=1S/C18H13Cl2FN2O4S2/c19-12-9-13(20)11-16(10-12)29(26,27)22-14-5-7-15(8-6-14)28(24,25)23-18-4-2-1-3-17(18)21/h1-11,22-23H. The highest BCUT2D eigenvalue weighted by atomic mass is 35.5. The number of halogens is 3. The lowest BCUT2D eigenvalue weighted by molar-refractivity contribution is 0.598. The lowest BCUT2D eigenvalue weighted by Crippen LogP contribution is -2.15. The van der Waals surface area contributed by atoms with Crippen molar-refractivity contribution in [3.63, 3.8) is 0 Å². The molecule has 0 aliphatic rings. The number of nitrogens with one attached hydrogen (secondary N) is 2. The van der Waals surface area contributed by atoms with Gasteiger partial charge in [-0.2, -0.15) is 0 Å². The number of benzene rings is 3. The molecule has 0 aromatic heterocycles. The number of rotatable bonds is 6. The molecule has 0 amide bonds. The summed E-state index contributed by atoms with van der Waals surface area (Å²) in [5.74, 6) is -0.722. The lowest BCUT2D eigenvalue weighted by Gasteiger charge is -2.11. The van der Waals surface area contributed by atoms with Crippen LogP contribution in [0.15, 0.2) is 76.5 Å². The average molecular weight is 475 g/mol. The molecule has 0 bridgehead atoms. The summed E-state index contributed by atoms with van der Waals surface area (Å²) in [5.41, 5.74) is -0.0824. The van der Waals surface area contributed by atoms with E-state index < -0.39 is 25.9 Å². The summed E-state index contributed by atoms with van der Waals surface area (Å²) < 4.78 is 67.9. The van der Waals surface area contributed by atoms with E-state index in [-0.39, 0.29) is 31.2 Å². The maximum Gasteiger partial charge on any atom is 0.261 e. The first-order valence-corrected chi connectivity index (χ1v) is 11.7. The first-order chi connectivity index (χ1) is 13.6. The number of hydrogen-bond donors (Lipinski definition) is 2. The average Bonchev–Trinajstić information content (AvgIpc) is 2.63. The van der Waals surface area contributed by atoms with Crippen LogP contribution in [0.5, 0.6) is 0 Å². The summed E-state index contributed by atoms with van der Waals surface area (Å²) in [6.45, 7) is 0. The summed E-state index contributed by atoms with van der Waals surface area (Å²) in [5, 5.41) is 0.303. The highest BCUT2D eigenvalue weighted by Gasteiger charge is 2.18. The molecule has 3 aromatic rings. The fourth-order valence-corrected chi connectivity index (χ4v) is 5.20. The van der Waals surface area contributed by atoms with E-state index >= 15 is 0 Å². The Morgan fingerprint density at radius 3 is 1.83 bits per heavy atom. The van der Waals surface area contributed by atoms with Crippen molar-refractivity contribution < 1.29 is 21.2 Å². The SMILES string of the molecule is O=S(=O)(Nc1ccc(S(=O)(=O)Nc2ccccc2F)cc1)c1cc(Cl)cc(Cl)c1. The van der Waals surface area contributed by atoms with Gasteiger partial charge in [0.05, 0.1) is 15.5 Å². The fraction of sp³-hybridized carbons (Fsp3) is 0. The molecule has 0 aliphatic heterocycles.